The highest BCUT2D eigenvalue weighted by atomic mass is 127. The Morgan fingerprint density at radius 3 is 2.60 bits per heavy atom. The third-order valence-electron chi connectivity index (χ3n) is 1.85. The number of halogens is 1. The van der Waals surface area contributed by atoms with E-state index in [9.17, 15) is 9.59 Å². The molecule has 0 aliphatic carbocycles. The maximum atomic E-state index is 11.5. The molecule has 4 heteroatoms. The largest absolute Gasteiger partial charge is 0.454 e. The SMILES string of the molecule is CCC(=O)COC(=O)c1ccccc1I. The predicted octanol–water partition coefficient (Wildman–Crippen LogP) is 2.43. The molecule has 0 aliphatic rings. The van der Waals surface area contributed by atoms with Crippen LogP contribution in [0.4, 0.5) is 0 Å². The first-order chi connectivity index (χ1) is 7.15. The Morgan fingerprint density at radius 1 is 1.33 bits per heavy atom. The normalized spacial score (nSPS) is 9.73. The molecule has 0 aliphatic heterocycles. The fraction of sp³-hybridized carbons (Fsp3) is 0.273. The molecule has 0 heterocycles. The van der Waals surface area contributed by atoms with Gasteiger partial charge in [0.25, 0.3) is 0 Å². The molecule has 0 unspecified atom stereocenters. The highest BCUT2D eigenvalue weighted by molar-refractivity contribution is 14.1. The van der Waals surface area contributed by atoms with Gasteiger partial charge in [-0.1, -0.05) is 19.1 Å². The average molecular weight is 318 g/mol. The monoisotopic (exact) mass is 318 g/mol. The van der Waals surface area contributed by atoms with Crippen LogP contribution in [0.25, 0.3) is 0 Å². The topological polar surface area (TPSA) is 43.4 Å². The number of carbonyl (C=O) groups is 2. The molecule has 0 amide bonds. The van der Waals surface area contributed by atoms with Crippen LogP contribution in [0.5, 0.6) is 0 Å². The van der Waals surface area contributed by atoms with Crippen molar-refractivity contribution < 1.29 is 14.3 Å². The number of ketones is 1. The van der Waals surface area contributed by atoms with Crippen LogP contribution in [0, 0.1) is 3.57 Å². The summed E-state index contributed by atoms with van der Waals surface area (Å²) in [7, 11) is 0. The number of esters is 1. The summed E-state index contributed by atoms with van der Waals surface area (Å²) in [4.78, 5) is 22.5. The van der Waals surface area contributed by atoms with Gasteiger partial charge in [0, 0.05) is 9.99 Å². The van der Waals surface area contributed by atoms with Gasteiger partial charge in [0.2, 0.25) is 0 Å². The maximum absolute atomic E-state index is 11.5. The van der Waals surface area contributed by atoms with Crippen LogP contribution in [0.15, 0.2) is 24.3 Å². The lowest BCUT2D eigenvalue weighted by molar-refractivity contribution is -0.121. The standard InChI is InChI=1S/C11H11IO3/c1-2-8(13)7-15-11(14)9-5-3-4-6-10(9)12/h3-6H,2,7H2,1H3. The summed E-state index contributed by atoms with van der Waals surface area (Å²) in [6.45, 7) is 1.60. The maximum Gasteiger partial charge on any atom is 0.339 e. The van der Waals surface area contributed by atoms with Gasteiger partial charge >= 0.3 is 5.97 Å². The van der Waals surface area contributed by atoms with Crippen molar-refractivity contribution in [2.24, 2.45) is 0 Å². The van der Waals surface area contributed by atoms with Gasteiger partial charge in [-0.15, -0.1) is 0 Å². The third-order valence-corrected chi connectivity index (χ3v) is 2.79. The Labute approximate surface area is 102 Å². The van der Waals surface area contributed by atoms with Crippen LogP contribution >= 0.6 is 22.6 Å². The fourth-order valence-electron chi connectivity index (χ4n) is 0.953. The lowest BCUT2D eigenvalue weighted by Crippen LogP contribution is -2.13. The van der Waals surface area contributed by atoms with Crippen LogP contribution in [0.1, 0.15) is 23.7 Å². The van der Waals surface area contributed by atoms with Crippen molar-refractivity contribution >= 4 is 34.3 Å². The van der Waals surface area contributed by atoms with Gasteiger partial charge in [0.15, 0.2) is 5.78 Å². The Balaban J connectivity index is 2.62. The summed E-state index contributed by atoms with van der Waals surface area (Å²) in [5.74, 6) is -0.518. The van der Waals surface area contributed by atoms with Crippen LogP contribution in [-0.4, -0.2) is 18.4 Å². The molecule has 1 rings (SSSR count). The molecular weight excluding hydrogens is 307 g/mol. The second kappa shape index (κ2) is 5.85. The van der Waals surface area contributed by atoms with Gasteiger partial charge < -0.3 is 4.74 Å². The van der Waals surface area contributed by atoms with Crippen molar-refractivity contribution in [1.29, 1.82) is 0 Å². The highest BCUT2D eigenvalue weighted by Crippen LogP contribution is 2.12. The molecule has 0 N–H and O–H groups in total. The summed E-state index contributed by atoms with van der Waals surface area (Å²) in [5.41, 5.74) is 0.502. The van der Waals surface area contributed by atoms with Gasteiger partial charge in [0.05, 0.1) is 5.56 Å². The molecule has 0 saturated heterocycles. The van der Waals surface area contributed by atoms with Crippen LogP contribution < -0.4 is 0 Å². The molecule has 0 fully saturated rings. The second-order valence-corrected chi connectivity index (χ2v) is 4.11. The van der Waals surface area contributed by atoms with Gasteiger partial charge in [-0.25, -0.2) is 4.79 Å². The van der Waals surface area contributed by atoms with Crippen molar-refractivity contribution in [3.8, 4) is 0 Å². The van der Waals surface area contributed by atoms with E-state index in [4.69, 9.17) is 4.74 Å². The first-order valence-electron chi connectivity index (χ1n) is 4.58. The van der Waals surface area contributed by atoms with Gasteiger partial charge in [-0.3, -0.25) is 4.79 Å². The van der Waals surface area contributed by atoms with Crippen molar-refractivity contribution in [2.45, 2.75) is 13.3 Å². The second-order valence-electron chi connectivity index (χ2n) is 2.95. The van der Waals surface area contributed by atoms with Crippen LogP contribution in [0.2, 0.25) is 0 Å². The van der Waals surface area contributed by atoms with E-state index in [-0.39, 0.29) is 12.4 Å². The number of carbonyl (C=O) groups excluding carboxylic acids is 2. The summed E-state index contributed by atoms with van der Waals surface area (Å²) in [6.07, 6.45) is 0.388. The predicted molar refractivity (Wildman–Crippen MR) is 64.7 cm³/mol. The number of rotatable bonds is 4. The molecule has 0 radical (unpaired) electrons. The minimum atomic E-state index is -0.443. The van der Waals surface area contributed by atoms with E-state index < -0.39 is 5.97 Å². The minimum Gasteiger partial charge on any atom is -0.454 e. The van der Waals surface area contributed by atoms with E-state index in [2.05, 4.69) is 22.6 Å². The lowest BCUT2D eigenvalue weighted by atomic mass is 10.2. The Bertz CT molecular complexity index is 374. The Morgan fingerprint density at radius 2 is 2.00 bits per heavy atom. The summed E-state index contributed by atoms with van der Waals surface area (Å²) in [5, 5.41) is 0. The van der Waals surface area contributed by atoms with E-state index in [0.29, 0.717) is 12.0 Å². The molecule has 80 valence electrons. The zero-order valence-corrected chi connectivity index (χ0v) is 10.5. The van der Waals surface area contributed by atoms with Crippen molar-refractivity contribution in [3.63, 3.8) is 0 Å². The molecule has 1 aromatic carbocycles. The molecule has 0 saturated carbocycles. The van der Waals surface area contributed by atoms with Crippen molar-refractivity contribution in [1.82, 2.24) is 0 Å². The van der Waals surface area contributed by atoms with Gasteiger partial charge in [-0.2, -0.15) is 0 Å². The Hall–Kier alpha value is -0.910. The van der Waals surface area contributed by atoms with Crippen LogP contribution in [0.3, 0.4) is 0 Å². The van der Waals surface area contributed by atoms with E-state index in [1.165, 1.54) is 0 Å². The summed E-state index contributed by atoms with van der Waals surface area (Å²) in [6, 6.07) is 7.11. The molecule has 0 atom stereocenters. The first kappa shape index (κ1) is 12.2. The summed E-state index contributed by atoms with van der Waals surface area (Å²) >= 11 is 2.06. The van der Waals surface area contributed by atoms with E-state index >= 15 is 0 Å². The van der Waals surface area contributed by atoms with E-state index in [1.807, 2.05) is 12.1 Å². The molecule has 3 nitrogen and oxygen atoms in total. The Kier molecular flexibility index (Phi) is 4.74. The minimum absolute atomic E-state index is 0.0747. The molecular formula is C11H11IO3. The molecule has 0 bridgehead atoms. The van der Waals surface area contributed by atoms with Gasteiger partial charge in [0.1, 0.15) is 6.61 Å². The fourth-order valence-corrected chi connectivity index (χ4v) is 1.56. The highest BCUT2D eigenvalue weighted by Gasteiger charge is 2.11. The quantitative estimate of drug-likeness (QED) is 0.633. The molecule has 15 heavy (non-hydrogen) atoms. The zero-order valence-electron chi connectivity index (χ0n) is 8.33. The number of ether oxygens (including phenoxy) is 1. The van der Waals surface area contributed by atoms with E-state index in [1.54, 1.807) is 19.1 Å². The number of Topliss-reactive ketones (excluding diaryl/α,β-unsaturated/α-hetero) is 1. The summed E-state index contributed by atoms with van der Waals surface area (Å²) < 4.78 is 5.69. The smallest absolute Gasteiger partial charge is 0.339 e. The zero-order chi connectivity index (χ0) is 11.3. The number of hydrogen-bond acceptors (Lipinski definition) is 3. The number of hydrogen-bond donors (Lipinski definition) is 0. The van der Waals surface area contributed by atoms with Crippen molar-refractivity contribution in [3.05, 3.63) is 33.4 Å². The lowest BCUT2D eigenvalue weighted by Gasteiger charge is -2.04. The van der Waals surface area contributed by atoms with Crippen molar-refractivity contribution in [2.75, 3.05) is 6.61 Å². The molecule has 0 spiro atoms. The van der Waals surface area contributed by atoms with E-state index in [0.717, 1.165) is 3.57 Å². The number of benzene rings is 1. The average Bonchev–Trinajstić information content (AvgIpc) is 2.26. The third kappa shape index (κ3) is 3.62. The molecule has 1 aromatic rings. The first-order valence-corrected chi connectivity index (χ1v) is 5.66. The van der Waals surface area contributed by atoms with Gasteiger partial charge in [-0.05, 0) is 34.7 Å². The van der Waals surface area contributed by atoms with Crippen LogP contribution in [-0.2, 0) is 9.53 Å². The molecule has 0 aromatic heterocycles.